The Morgan fingerprint density at radius 2 is 1.81 bits per heavy atom. The first kappa shape index (κ1) is 24.2. The molecule has 0 saturated heterocycles. The van der Waals surface area contributed by atoms with Crippen molar-refractivity contribution in [3.63, 3.8) is 0 Å². The molecule has 1 unspecified atom stereocenters. The molecule has 186 valence electrons. The van der Waals surface area contributed by atoms with E-state index in [-0.39, 0.29) is 0 Å². The minimum atomic E-state index is 0.442. The molecule has 0 saturated carbocycles. The van der Waals surface area contributed by atoms with Crippen molar-refractivity contribution < 1.29 is 0 Å². The van der Waals surface area contributed by atoms with Gasteiger partial charge in [0.25, 0.3) is 0 Å². The lowest BCUT2D eigenvalue weighted by molar-refractivity contribution is 0.524. The quantitative estimate of drug-likeness (QED) is 0.185. The minimum Gasteiger partial charge on any atom is -0.327 e. The summed E-state index contributed by atoms with van der Waals surface area (Å²) in [5, 5.41) is 0. The fraction of sp³-hybridized carbons (Fsp3) is 0.250. The van der Waals surface area contributed by atoms with Crippen molar-refractivity contribution in [3.05, 3.63) is 99.4 Å². The Morgan fingerprint density at radius 3 is 2.57 bits per heavy atom. The summed E-state index contributed by atoms with van der Waals surface area (Å²) in [6.07, 6.45) is 10.2. The van der Waals surface area contributed by atoms with Crippen LogP contribution in [0.25, 0.3) is 39.0 Å². The van der Waals surface area contributed by atoms with Crippen LogP contribution in [0.15, 0.2) is 78.9 Å². The van der Waals surface area contributed by atoms with E-state index in [9.17, 15) is 0 Å². The summed E-state index contributed by atoms with van der Waals surface area (Å²) >= 11 is 2.43. The molecule has 0 radical (unpaired) electrons. The van der Waals surface area contributed by atoms with Crippen molar-refractivity contribution in [1.29, 1.82) is 0 Å². The highest BCUT2D eigenvalue weighted by atomic mass is 127. The van der Waals surface area contributed by atoms with Crippen molar-refractivity contribution >= 4 is 50.2 Å². The van der Waals surface area contributed by atoms with E-state index >= 15 is 0 Å². The molecule has 5 heteroatoms. The van der Waals surface area contributed by atoms with Crippen LogP contribution in [-0.4, -0.2) is 19.1 Å². The zero-order chi connectivity index (χ0) is 25.5. The molecule has 0 N–H and O–H groups in total. The second kappa shape index (κ2) is 9.93. The largest absolute Gasteiger partial charge is 0.327 e. The highest BCUT2D eigenvalue weighted by Gasteiger charge is 2.19. The van der Waals surface area contributed by atoms with E-state index in [2.05, 4.69) is 132 Å². The van der Waals surface area contributed by atoms with Crippen LogP contribution in [0, 0.1) is 16.4 Å². The number of halogens is 1. The molecule has 4 nitrogen and oxygen atoms in total. The van der Waals surface area contributed by atoms with Crippen LogP contribution < -0.4 is 0 Å². The predicted molar refractivity (Wildman–Crippen MR) is 163 cm³/mol. The number of para-hydroxylation sites is 2. The third-order valence-electron chi connectivity index (χ3n) is 7.43. The SMILES string of the molecule is CCCc1nc2c(C)cc(-c3nc4ccccc4n3C)cc2n1CC1C=CC(c2ccccc2I)=CC1. The van der Waals surface area contributed by atoms with Crippen LogP contribution in [0.4, 0.5) is 0 Å². The van der Waals surface area contributed by atoms with Gasteiger partial charge in [-0.3, -0.25) is 0 Å². The molecule has 3 aromatic carbocycles. The molecule has 2 heterocycles. The number of fused-ring (bicyclic) bond motifs is 2. The molecule has 1 aliphatic carbocycles. The van der Waals surface area contributed by atoms with Gasteiger partial charge in [0.1, 0.15) is 11.6 Å². The molecule has 0 bridgehead atoms. The summed E-state index contributed by atoms with van der Waals surface area (Å²) in [5.41, 5.74) is 9.50. The minimum absolute atomic E-state index is 0.442. The van der Waals surface area contributed by atoms with Crippen molar-refractivity contribution in [3.8, 4) is 11.4 Å². The van der Waals surface area contributed by atoms with Gasteiger partial charge in [0.2, 0.25) is 0 Å². The lowest BCUT2D eigenvalue weighted by Crippen LogP contribution is -2.13. The lowest BCUT2D eigenvalue weighted by atomic mass is 9.93. The van der Waals surface area contributed by atoms with Gasteiger partial charge in [-0.05, 0) is 95.3 Å². The first-order valence-corrected chi connectivity index (χ1v) is 14.2. The smallest absolute Gasteiger partial charge is 0.140 e. The van der Waals surface area contributed by atoms with Gasteiger partial charge in [-0.1, -0.05) is 55.5 Å². The normalized spacial score (nSPS) is 15.6. The average molecular weight is 599 g/mol. The summed E-state index contributed by atoms with van der Waals surface area (Å²) in [7, 11) is 2.11. The van der Waals surface area contributed by atoms with Gasteiger partial charge in [0.05, 0.1) is 22.1 Å². The number of benzene rings is 3. The fourth-order valence-electron chi connectivity index (χ4n) is 5.52. The first-order chi connectivity index (χ1) is 18.0. The first-order valence-electron chi connectivity index (χ1n) is 13.1. The van der Waals surface area contributed by atoms with Crippen molar-refractivity contribution in [2.45, 2.75) is 39.7 Å². The monoisotopic (exact) mass is 598 g/mol. The van der Waals surface area contributed by atoms with E-state index in [1.165, 1.54) is 31.6 Å². The zero-order valence-corrected chi connectivity index (χ0v) is 23.7. The summed E-state index contributed by atoms with van der Waals surface area (Å²) < 4.78 is 5.97. The summed E-state index contributed by atoms with van der Waals surface area (Å²) in [5.74, 6) is 2.62. The van der Waals surface area contributed by atoms with E-state index in [0.717, 1.165) is 53.7 Å². The van der Waals surface area contributed by atoms with Crippen LogP contribution in [-0.2, 0) is 20.0 Å². The van der Waals surface area contributed by atoms with Crippen LogP contribution >= 0.6 is 22.6 Å². The van der Waals surface area contributed by atoms with Gasteiger partial charge in [-0.15, -0.1) is 0 Å². The van der Waals surface area contributed by atoms with Crippen molar-refractivity contribution in [2.75, 3.05) is 0 Å². The van der Waals surface area contributed by atoms with Gasteiger partial charge in [0, 0.05) is 29.1 Å². The van der Waals surface area contributed by atoms with Crippen LogP contribution in [0.5, 0.6) is 0 Å². The Hall–Kier alpha value is -3.19. The van der Waals surface area contributed by atoms with Crippen molar-refractivity contribution in [2.24, 2.45) is 13.0 Å². The molecular weight excluding hydrogens is 567 g/mol. The zero-order valence-electron chi connectivity index (χ0n) is 21.6. The molecular formula is C32H31IN4. The number of hydrogen-bond donors (Lipinski definition) is 0. The summed E-state index contributed by atoms with van der Waals surface area (Å²) in [6.45, 7) is 5.35. The standard InChI is InChI=1S/C32H31IN4/c1-4-9-30-35-31-21(2)18-24(32-34-27-12-7-8-13-28(27)36(32)3)19-29(31)37(30)20-22-14-16-23(17-15-22)25-10-5-6-11-26(25)33/h5-8,10-14,16-19,22H,4,9,15,20H2,1-3H3. The molecule has 1 aliphatic rings. The molecule has 5 aromatic rings. The topological polar surface area (TPSA) is 35.6 Å². The van der Waals surface area contributed by atoms with Crippen LogP contribution in [0.3, 0.4) is 0 Å². The molecule has 0 aliphatic heterocycles. The van der Waals surface area contributed by atoms with Crippen LogP contribution in [0.2, 0.25) is 0 Å². The van der Waals surface area contributed by atoms with Gasteiger partial charge in [-0.25, -0.2) is 9.97 Å². The molecule has 0 amide bonds. The maximum atomic E-state index is 5.14. The fourth-order valence-corrected chi connectivity index (χ4v) is 6.22. The molecule has 37 heavy (non-hydrogen) atoms. The Morgan fingerprint density at radius 1 is 1.00 bits per heavy atom. The van der Waals surface area contributed by atoms with E-state index in [4.69, 9.17) is 9.97 Å². The Balaban J connectivity index is 1.38. The van der Waals surface area contributed by atoms with E-state index in [0.29, 0.717) is 5.92 Å². The number of aryl methyl sites for hydroxylation is 3. The summed E-state index contributed by atoms with van der Waals surface area (Å²) in [4.78, 5) is 10.1. The molecule has 2 aromatic heterocycles. The van der Waals surface area contributed by atoms with Gasteiger partial charge in [-0.2, -0.15) is 0 Å². The maximum absolute atomic E-state index is 5.14. The highest BCUT2D eigenvalue weighted by molar-refractivity contribution is 14.1. The number of allylic oxidation sites excluding steroid dienone is 4. The van der Waals surface area contributed by atoms with Crippen LogP contribution in [0.1, 0.15) is 36.7 Å². The number of hydrogen-bond acceptors (Lipinski definition) is 2. The Kier molecular flexibility index (Phi) is 6.49. The van der Waals surface area contributed by atoms with Gasteiger partial charge < -0.3 is 9.13 Å². The molecule has 6 rings (SSSR count). The third-order valence-corrected chi connectivity index (χ3v) is 8.37. The number of nitrogens with zero attached hydrogens (tertiary/aromatic N) is 4. The lowest BCUT2D eigenvalue weighted by Gasteiger charge is -2.19. The third kappa shape index (κ3) is 4.43. The van der Waals surface area contributed by atoms with E-state index in [1.54, 1.807) is 0 Å². The second-order valence-corrected chi connectivity index (χ2v) is 11.2. The average Bonchev–Trinajstić information content (AvgIpc) is 3.43. The summed E-state index contributed by atoms with van der Waals surface area (Å²) in [6, 6.07) is 21.5. The number of aromatic nitrogens is 4. The van der Waals surface area contributed by atoms with Gasteiger partial charge >= 0.3 is 0 Å². The predicted octanol–water partition coefficient (Wildman–Crippen LogP) is 8.12. The number of imidazole rings is 2. The number of rotatable bonds is 6. The van der Waals surface area contributed by atoms with E-state index in [1.807, 2.05) is 0 Å². The van der Waals surface area contributed by atoms with Gasteiger partial charge in [0.15, 0.2) is 0 Å². The molecule has 1 atom stereocenters. The van der Waals surface area contributed by atoms with E-state index < -0.39 is 0 Å². The molecule has 0 spiro atoms. The Bertz CT molecular complexity index is 1680. The Labute approximate surface area is 231 Å². The highest BCUT2D eigenvalue weighted by Crippen LogP contribution is 2.32. The van der Waals surface area contributed by atoms with Crippen molar-refractivity contribution in [1.82, 2.24) is 19.1 Å². The molecule has 0 fully saturated rings. The second-order valence-electron chi connectivity index (χ2n) is 10.0. The maximum Gasteiger partial charge on any atom is 0.140 e.